The second-order valence-corrected chi connectivity index (χ2v) is 10.2. The van der Waals surface area contributed by atoms with Gasteiger partial charge in [-0.05, 0) is 68.4 Å². The molecule has 0 spiro atoms. The first kappa shape index (κ1) is 27.9. The molecule has 208 valence electrons. The van der Waals surface area contributed by atoms with Crippen LogP contribution in [0.4, 0.5) is 15.3 Å². The molecule has 10 heteroatoms. The maximum atomic E-state index is 13.6. The Kier molecular flexibility index (Phi) is 10.2. The maximum Gasteiger partial charge on any atom is 0.319 e. The van der Waals surface area contributed by atoms with E-state index >= 15 is 0 Å². The largest absolute Gasteiger partial charge is 0.341 e. The number of aryl methyl sites for hydroxylation is 1. The van der Waals surface area contributed by atoms with Crippen molar-refractivity contribution >= 4 is 23.7 Å². The van der Waals surface area contributed by atoms with Gasteiger partial charge >= 0.3 is 12.1 Å². The number of aromatic amines is 1. The molecule has 2 aliphatic heterocycles. The fourth-order valence-corrected chi connectivity index (χ4v) is 5.01. The van der Waals surface area contributed by atoms with Gasteiger partial charge in [-0.3, -0.25) is 9.89 Å². The van der Waals surface area contributed by atoms with E-state index in [4.69, 9.17) is 0 Å². The molecule has 1 aromatic heterocycles. The van der Waals surface area contributed by atoms with Crippen LogP contribution < -0.4 is 16.0 Å². The van der Waals surface area contributed by atoms with Crippen LogP contribution in [-0.4, -0.2) is 76.2 Å². The van der Waals surface area contributed by atoms with Gasteiger partial charge < -0.3 is 25.8 Å². The van der Waals surface area contributed by atoms with Crippen LogP contribution in [0.25, 0.3) is 0 Å². The molecule has 3 heterocycles. The van der Waals surface area contributed by atoms with E-state index in [2.05, 4.69) is 26.1 Å². The van der Waals surface area contributed by atoms with Gasteiger partial charge in [0.25, 0.3) is 0 Å². The third kappa shape index (κ3) is 8.73. The number of piperidine rings is 2. The maximum absolute atomic E-state index is 13.6. The molecule has 5 amide bonds. The summed E-state index contributed by atoms with van der Waals surface area (Å²) in [4.78, 5) is 42.8. The molecule has 2 fully saturated rings. The van der Waals surface area contributed by atoms with Gasteiger partial charge in [-0.1, -0.05) is 30.3 Å². The van der Waals surface area contributed by atoms with Crippen LogP contribution in [0, 0.1) is 6.92 Å². The van der Waals surface area contributed by atoms with Crippen molar-refractivity contribution in [2.45, 2.75) is 57.5 Å². The molecule has 39 heavy (non-hydrogen) atoms. The third-order valence-corrected chi connectivity index (χ3v) is 7.09. The number of hydrogen-bond acceptors (Lipinski definition) is 4. The zero-order valence-electron chi connectivity index (χ0n) is 22.6. The summed E-state index contributed by atoms with van der Waals surface area (Å²) in [5, 5.41) is 15.8. The average molecular weight is 534 g/mol. The van der Waals surface area contributed by atoms with Crippen LogP contribution in [0.1, 0.15) is 43.2 Å². The number of H-pyrrole nitrogens is 1. The highest BCUT2D eigenvalue weighted by molar-refractivity contribution is 5.89. The molecule has 0 bridgehead atoms. The zero-order valence-corrected chi connectivity index (χ0v) is 22.6. The minimum absolute atomic E-state index is 0.0253. The number of aromatic nitrogens is 2. The van der Waals surface area contributed by atoms with Gasteiger partial charge in [0.05, 0.1) is 6.20 Å². The monoisotopic (exact) mass is 533 g/mol. The molecule has 1 aromatic carbocycles. The normalized spacial score (nSPS) is 16.5. The van der Waals surface area contributed by atoms with Crippen molar-refractivity contribution in [1.82, 2.24) is 30.6 Å². The van der Waals surface area contributed by atoms with Crippen molar-refractivity contribution < 1.29 is 14.4 Å². The van der Waals surface area contributed by atoms with E-state index in [1.54, 1.807) is 17.3 Å². The zero-order chi connectivity index (χ0) is 27.5. The summed E-state index contributed by atoms with van der Waals surface area (Å²) in [6.45, 7) is 4.39. The summed E-state index contributed by atoms with van der Waals surface area (Å²) in [5.41, 5.74) is 2.61. The van der Waals surface area contributed by atoms with E-state index in [9.17, 15) is 14.4 Å². The Labute approximate surface area is 229 Å². The van der Waals surface area contributed by atoms with Crippen molar-refractivity contribution in [3.05, 3.63) is 72.1 Å². The summed E-state index contributed by atoms with van der Waals surface area (Å²) in [6, 6.07) is 13.9. The number of rotatable bonds is 6. The van der Waals surface area contributed by atoms with Crippen LogP contribution in [0.5, 0.6) is 0 Å². The fourth-order valence-electron chi connectivity index (χ4n) is 5.01. The predicted molar refractivity (Wildman–Crippen MR) is 151 cm³/mol. The fraction of sp³-hybridized carbons (Fsp3) is 0.448. The number of amides is 5. The minimum Gasteiger partial charge on any atom is -0.341 e. The number of nitrogens with one attached hydrogen (secondary N) is 4. The van der Waals surface area contributed by atoms with Gasteiger partial charge in [0.1, 0.15) is 6.04 Å². The Morgan fingerprint density at radius 3 is 2.46 bits per heavy atom. The van der Waals surface area contributed by atoms with E-state index in [-0.39, 0.29) is 24.0 Å². The molecule has 1 atom stereocenters. The van der Waals surface area contributed by atoms with Crippen molar-refractivity contribution in [1.29, 1.82) is 0 Å². The Bertz CT molecular complexity index is 1150. The minimum atomic E-state index is -0.669. The van der Waals surface area contributed by atoms with E-state index in [1.807, 2.05) is 60.4 Å². The van der Waals surface area contributed by atoms with E-state index in [0.29, 0.717) is 32.4 Å². The van der Waals surface area contributed by atoms with E-state index < -0.39 is 6.04 Å². The second-order valence-electron chi connectivity index (χ2n) is 10.2. The predicted octanol–water partition coefficient (Wildman–Crippen LogP) is 3.76. The first-order valence-corrected chi connectivity index (χ1v) is 13.8. The molecule has 0 radical (unpaired) electrons. The molecule has 2 aromatic rings. The molecular formula is C29H39N7O3. The lowest BCUT2D eigenvalue weighted by atomic mass is 10.0. The number of benzene rings is 1. The van der Waals surface area contributed by atoms with E-state index in [0.717, 1.165) is 49.2 Å². The third-order valence-electron chi connectivity index (χ3n) is 7.09. The summed E-state index contributed by atoms with van der Waals surface area (Å²) < 4.78 is 0. The summed E-state index contributed by atoms with van der Waals surface area (Å²) in [5.74, 6) is -0.0419. The van der Waals surface area contributed by atoms with Crippen molar-refractivity contribution in [3.8, 4) is 0 Å². The molecule has 4 rings (SSSR count). The highest BCUT2D eigenvalue weighted by Crippen LogP contribution is 2.15. The number of likely N-dealkylation sites (tertiary alicyclic amines) is 2. The van der Waals surface area contributed by atoms with Gasteiger partial charge in [-0.2, -0.15) is 5.10 Å². The number of nitrogens with zero attached hydrogens (tertiary/aromatic N) is 3. The van der Waals surface area contributed by atoms with Gasteiger partial charge in [-0.15, -0.1) is 0 Å². The summed E-state index contributed by atoms with van der Waals surface area (Å²) in [6.07, 6.45) is 8.21. The van der Waals surface area contributed by atoms with Crippen LogP contribution in [0.2, 0.25) is 0 Å². The summed E-state index contributed by atoms with van der Waals surface area (Å²) >= 11 is 0. The number of carbonyl (C=O) groups is 3. The smallest absolute Gasteiger partial charge is 0.319 e. The molecule has 10 nitrogen and oxygen atoms in total. The highest BCUT2D eigenvalue weighted by Gasteiger charge is 2.30. The van der Waals surface area contributed by atoms with Crippen molar-refractivity contribution in [2.24, 2.45) is 0 Å². The number of anilines is 1. The Morgan fingerprint density at radius 1 is 0.974 bits per heavy atom. The van der Waals surface area contributed by atoms with E-state index in [1.165, 1.54) is 0 Å². The van der Waals surface area contributed by atoms with Crippen LogP contribution in [-0.2, 0) is 11.2 Å². The topological polar surface area (TPSA) is 122 Å². The molecule has 2 aliphatic rings. The molecule has 1 unspecified atom stereocenters. The van der Waals surface area contributed by atoms with Gasteiger partial charge in [-0.25, -0.2) is 9.59 Å². The Balaban J connectivity index is 1.37. The van der Waals surface area contributed by atoms with Crippen molar-refractivity contribution in [3.63, 3.8) is 0 Å². The molecule has 0 aliphatic carbocycles. The molecule has 4 N–H and O–H groups in total. The number of para-hydroxylation sites is 1. The average Bonchev–Trinajstić information content (AvgIpc) is 3.05. The Hall–Kier alpha value is -4.08. The van der Waals surface area contributed by atoms with Crippen LogP contribution in [0.15, 0.2) is 60.9 Å². The lowest BCUT2D eigenvalue weighted by Crippen LogP contribution is -2.56. The van der Waals surface area contributed by atoms with Crippen LogP contribution in [0.3, 0.4) is 0 Å². The van der Waals surface area contributed by atoms with Gasteiger partial charge in [0.2, 0.25) is 5.91 Å². The van der Waals surface area contributed by atoms with Gasteiger partial charge in [0, 0.05) is 50.5 Å². The first-order valence-electron chi connectivity index (χ1n) is 13.8. The van der Waals surface area contributed by atoms with Gasteiger partial charge in [0.15, 0.2) is 0 Å². The molecule has 0 saturated carbocycles. The Morgan fingerprint density at radius 2 is 1.72 bits per heavy atom. The lowest BCUT2D eigenvalue weighted by molar-refractivity contribution is -0.134. The highest BCUT2D eigenvalue weighted by atomic mass is 16.2. The summed E-state index contributed by atoms with van der Waals surface area (Å²) in [7, 11) is 0. The number of hydrogen-bond donors (Lipinski definition) is 4. The number of urea groups is 2. The first-order chi connectivity index (χ1) is 19.0. The molecule has 2 saturated heterocycles. The second kappa shape index (κ2) is 14.2. The van der Waals surface area contributed by atoms with Crippen LogP contribution >= 0.6 is 0 Å². The molecular weight excluding hydrogens is 494 g/mol. The quantitative estimate of drug-likeness (QED) is 0.452. The lowest BCUT2D eigenvalue weighted by Gasteiger charge is -2.35. The standard InChI is InChI=1S/C29H39N7O3/c1-22-19-23(9-8-14-30-31-21-22)20-26(27(37)35-15-6-3-7-16-35)34-29(39)36-17-12-25(13-18-36)33-28(38)32-24-10-4-2-5-11-24/h2,4-5,8-11,14,19,21,25-26,30H,3,6-7,12-13,15-18,20H2,1H3,(H,34,39)(H2,32,33,38). The SMILES string of the molecule is Cc1cn[nH]cccc(CC(NC(=O)N2CCC(NC(=O)Nc3ccccc3)CC2)C(=O)N2CCCCC2)c1. The number of carbonyl (C=O) groups excluding carboxylic acids is 3. The van der Waals surface area contributed by atoms with Crippen molar-refractivity contribution in [2.75, 3.05) is 31.5 Å².